The smallest absolute Gasteiger partial charge is 0.0531 e. The van der Waals surface area contributed by atoms with Crippen LogP contribution in [0.4, 0.5) is 0 Å². The van der Waals surface area contributed by atoms with E-state index < -0.39 is 5.41 Å². The highest BCUT2D eigenvalue weighted by Gasteiger charge is 2.26. The maximum atomic E-state index is 9.15. The summed E-state index contributed by atoms with van der Waals surface area (Å²) in [6.45, 7) is -0.586. The molecule has 94 valence electrons. The zero-order chi connectivity index (χ0) is 12.6. The average molecular weight is 236 g/mol. The van der Waals surface area contributed by atoms with E-state index in [0.29, 0.717) is 6.42 Å². The Bertz CT molecular complexity index is 320. The summed E-state index contributed by atoms with van der Waals surface area (Å²) in [5, 5.41) is 27.4. The second-order valence-electron chi connectivity index (χ2n) is 4.33. The molecule has 0 aliphatic rings. The Morgan fingerprint density at radius 1 is 0.941 bits per heavy atom. The monoisotopic (exact) mass is 236 g/mol. The summed E-state index contributed by atoms with van der Waals surface area (Å²) in [4.78, 5) is 0. The van der Waals surface area contributed by atoms with Gasteiger partial charge in [0.15, 0.2) is 0 Å². The Kier molecular flexibility index (Phi) is 5.91. The van der Waals surface area contributed by atoms with Crippen molar-refractivity contribution < 1.29 is 15.3 Å². The molecule has 0 fully saturated rings. The molecule has 0 bridgehead atoms. The lowest BCUT2D eigenvalue weighted by Gasteiger charge is -2.26. The topological polar surface area (TPSA) is 60.7 Å². The van der Waals surface area contributed by atoms with Crippen molar-refractivity contribution in [3.8, 4) is 0 Å². The molecule has 0 saturated heterocycles. The number of hydrogen-bond acceptors (Lipinski definition) is 3. The minimum Gasteiger partial charge on any atom is -0.396 e. The minimum atomic E-state index is -0.763. The largest absolute Gasteiger partial charge is 0.396 e. The summed E-state index contributed by atoms with van der Waals surface area (Å²) in [7, 11) is 0. The highest BCUT2D eigenvalue weighted by molar-refractivity contribution is 5.48. The van der Waals surface area contributed by atoms with E-state index in [4.69, 9.17) is 15.3 Å². The third kappa shape index (κ3) is 4.30. The second kappa shape index (κ2) is 7.22. The third-order valence-electron chi connectivity index (χ3n) is 2.96. The molecular weight excluding hydrogens is 216 g/mol. The molecular formula is C14H20O3. The van der Waals surface area contributed by atoms with E-state index >= 15 is 0 Å². The number of benzene rings is 1. The van der Waals surface area contributed by atoms with Crippen LogP contribution in [0, 0.1) is 5.41 Å². The quantitative estimate of drug-likeness (QED) is 0.671. The Labute approximate surface area is 102 Å². The molecule has 0 aliphatic carbocycles. The van der Waals surface area contributed by atoms with Gasteiger partial charge in [0.05, 0.1) is 19.8 Å². The number of aliphatic hydroxyl groups is 3. The molecule has 1 rings (SSSR count). The molecule has 0 atom stereocenters. The van der Waals surface area contributed by atoms with Gasteiger partial charge < -0.3 is 15.3 Å². The van der Waals surface area contributed by atoms with Crippen molar-refractivity contribution in [2.75, 3.05) is 19.8 Å². The van der Waals surface area contributed by atoms with Crippen LogP contribution in [-0.4, -0.2) is 35.1 Å². The molecule has 0 spiro atoms. The summed E-state index contributed by atoms with van der Waals surface area (Å²) in [5.74, 6) is 0. The Balaban J connectivity index is 2.44. The second-order valence-corrected chi connectivity index (χ2v) is 4.33. The number of aliphatic hydroxyl groups excluding tert-OH is 3. The normalized spacial score (nSPS) is 12.2. The summed E-state index contributed by atoms with van der Waals surface area (Å²) >= 11 is 0. The van der Waals surface area contributed by atoms with E-state index in [1.54, 1.807) is 0 Å². The van der Waals surface area contributed by atoms with Crippen LogP contribution >= 0.6 is 0 Å². The van der Waals surface area contributed by atoms with Crippen LogP contribution < -0.4 is 0 Å². The molecule has 0 heterocycles. The Morgan fingerprint density at radius 2 is 1.53 bits per heavy atom. The lowest BCUT2D eigenvalue weighted by atomic mass is 9.86. The lowest BCUT2D eigenvalue weighted by Crippen LogP contribution is -2.33. The van der Waals surface area contributed by atoms with Gasteiger partial charge in [0.2, 0.25) is 0 Å². The maximum Gasteiger partial charge on any atom is 0.0531 e. The van der Waals surface area contributed by atoms with Crippen LogP contribution in [0.5, 0.6) is 0 Å². The van der Waals surface area contributed by atoms with Crippen LogP contribution in [0.2, 0.25) is 0 Å². The van der Waals surface area contributed by atoms with E-state index in [1.165, 1.54) is 0 Å². The first-order valence-electron chi connectivity index (χ1n) is 5.80. The van der Waals surface area contributed by atoms with E-state index in [9.17, 15) is 0 Å². The zero-order valence-electron chi connectivity index (χ0n) is 9.92. The molecule has 0 aromatic heterocycles. The molecule has 0 aliphatic heterocycles. The Hall–Kier alpha value is -1.16. The van der Waals surface area contributed by atoms with Gasteiger partial charge in [-0.3, -0.25) is 0 Å². The van der Waals surface area contributed by atoms with Gasteiger partial charge in [-0.05, 0) is 18.4 Å². The Morgan fingerprint density at radius 3 is 2.06 bits per heavy atom. The summed E-state index contributed by atoms with van der Waals surface area (Å²) in [6.07, 6.45) is 5.28. The lowest BCUT2D eigenvalue weighted by molar-refractivity contribution is 0.000225. The van der Waals surface area contributed by atoms with Gasteiger partial charge in [-0.1, -0.05) is 42.5 Å². The summed E-state index contributed by atoms with van der Waals surface area (Å²) < 4.78 is 0. The van der Waals surface area contributed by atoms with Crippen LogP contribution in [0.25, 0.3) is 6.08 Å². The highest BCUT2D eigenvalue weighted by atomic mass is 16.3. The minimum absolute atomic E-state index is 0.195. The molecule has 3 N–H and O–H groups in total. The number of allylic oxidation sites excluding steroid dienone is 1. The van der Waals surface area contributed by atoms with Crippen molar-refractivity contribution in [3.63, 3.8) is 0 Å². The van der Waals surface area contributed by atoms with Crippen molar-refractivity contribution in [2.45, 2.75) is 12.8 Å². The maximum absolute atomic E-state index is 9.15. The van der Waals surface area contributed by atoms with Crippen molar-refractivity contribution in [1.82, 2.24) is 0 Å². The molecule has 1 aromatic carbocycles. The molecule has 0 saturated carbocycles. The first kappa shape index (κ1) is 13.9. The van der Waals surface area contributed by atoms with Gasteiger partial charge >= 0.3 is 0 Å². The predicted octanol–water partition coefficient (Wildman–Crippen LogP) is 1.44. The van der Waals surface area contributed by atoms with Gasteiger partial charge in [-0.25, -0.2) is 0 Å². The first-order valence-corrected chi connectivity index (χ1v) is 5.80. The van der Waals surface area contributed by atoms with E-state index in [0.717, 1.165) is 12.0 Å². The van der Waals surface area contributed by atoms with Crippen LogP contribution in [-0.2, 0) is 0 Å². The first-order chi connectivity index (χ1) is 8.26. The predicted molar refractivity (Wildman–Crippen MR) is 68.4 cm³/mol. The van der Waals surface area contributed by atoms with E-state index in [-0.39, 0.29) is 19.8 Å². The van der Waals surface area contributed by atoms with Gasteiger partial charge in [0.25, 0.3) is 0 Å². The van der Waals surface area contributed by atoms with Gasteiger partial charge in [-0.2, -0.15) is 0 Å². The molecule has 1 aromatic rings. The molecule has 3 heteroatoms. The number of hydrogen-bond donors (Lipinski definition) is 3. The third-order valence-corrected chi connectivity index (χ3v) is 2.96. The van der Waals surface area contributed by atoms with Crippen molar-refractivity contribution in [1.29, 1.82) is 0 Å². The van der Waals surface area contributed by atoms with Gasteiger partial charge in [-0.15, -0.1) is 0 Å². The zero-order valence-corrected chi connectivity index (χ0v) is 9.92. The fourth-order valence-corrected chi connectivity index (χ4v) is 1.56. The molecule has 17 heavy (non-hydrogen) atoms. The fraction of sp³-hybridized carbons (Fsp3) is 0.429. The molecule has 0 amide bonds. The SMILES string of the molecule is OCC(CO)(CO)CCC=Cc1ccccc1. The number of rotatable bonds is 7. The standard InChI is InChI=1S/C14H20O3/c15-10-14(11-16,12-17)9-5-4-8-13-6-2-1-3-7-13/h1-4,6-8,15-17H,5,9-12H2. The average Bonchev–Trinajstić information content (AvgIpc) is 2.41. The van der Waals surface area contributed by atoms with Crippen LogP contribution in [0.1, 0.15) is 18.4 Å². The van der Waals surface area contributed by atoms with E-state index in [1.807, 2.05) is 42.5 Å². The highest BCUT2D eigenvalue weighted by Crippen LogP contribution is 2.22. The van der Waals surface area contributed by atoms with Gasteiger partial charge in [0.1, 0.15) is 0 Å². The summed E-state index contributed by atoms with van der Waals surface area (Å²) in [6, 6.07) is 9.92. The van der Waals surface area contributed by atoms with Crippen LogP contribution in [0.3, 0.4) is 0 Å². The van der Waals surface area contributed by atoms with Crippen molar-refractivity contribution in [3.05, 3.63) is 42.0 Å². The van der Waals surface area contributed by atoms with Crippen molar-refractivity contribution >= 4 is 6.08 Å². The fourth-order valence-electron chi connectivity index (χ4n) is 1.56. The van der Waals surface area contributed by atoms with Crippen molar-refractivity contribution in [2.24, 2.45) is 5.41 Å². The summed E-state index contributed by atoms with van der Waals surface area (Å²) in [5.41, 5.74) is 0.358. The molecule has 3 nitrogen and oxygen atoms in total. The van der Waals surface area contributed by atoms with Gasteiger partial charge in [0, 0.05) is 5.41 Å². The van der Waals surface area contributed by atoms with Crippen LogP contribution in [0.15, 0.2) is 36.4 Å². The molecule has 0 unspecified atom stereocenters. The van der Waals surface area contributed by atoms with E-state index in [2.05, 4.69) is 0 Å². The molecule has 0 radical (unpaired) electrons.